The molecule has 0 bridgehead atoms. The third-order valence-electron chi connectivity index (χ3n) is 5.36. The van der Waals surface area contributed by atoms with Gasteiger partial charge in [0.25, 0.3) is 0 Å². The van der Waals surface area contributed by atoms with E-state index in [9.17, 15) is 5.11 Å². The van der Waals surface area contributed by atoms with Crippen molar-refractivity contribution in [3.05, 3.63) is 53.6 Å². The Morgan fingerprint density at radius 2 is 1.16 bits per heavy atom. The number of rotatable bonds is 0. The van der Waals surface area contributed by atoms with E-state index in [1.54, 1.807) is 0 Å². The number of aromatic hydroxyl groups is 1. The van der Waals surface area contributed by atoms with Gasteiger partial charge in [-0.1, -0.05) is 71.9 Å². The summed E-state index contributed by atoms with van der Waals surface area (Å²) in [4.78, 5) is 0. The summed E-state index contributed by atoms with van der Waals surface area (Å²) in [7, 11) is 0. The maximum atomic E-state index is 10.9. The van der Waals surface area contributed by atoms with Crippen LogP contribution in [0.5, 0.6) is 5.75 Å². The van der Waals surface area contributed by atoms with Crippen LogP contribution in [0.25, 0.3) is 32.3 Å². The molecule has 0 aliphatic heterocycles. The fourth-order valence-electron chi connectivity index (χ4n) is 3.88. The van der Waals surface area contributed by atoms with Gasteiger partial charge in [-0.15, -0.1) is 0 Å². The molecule has 4 aromatic carbocycles. The van der Waals surface area contributed by atoms with Gasteiger partial charge >= 0.3 is 0 Å². The first kappa shape index (κ1) is 16.2. The zero-order valence-electron chi connectivity index (χ0n) is 16.0. The fourth-order valence-corrected chi connectivity index (χ4v) is 3.88. The highest BCUT2D eigenvalue weighted by atomic mass is 16.3. The first-order chi connectivity index (χ1) is 11.6. The highest BCUT2D eigenvalue weighted by molar-refractivity contribution is 6.24. The summed E-state index contributed by atoms with van der Waals surface area (Å²) in [5.74, 6) is 0.425. The fraction of sp³-hybridized carbons (Fsp3) is 0.333. The van der Waals surface area contributed by atoms with Gasteiger partial charge in [-0.2, -0.15) is 0 Å². The molecule has 0 heterocycles. The van der Waals surface area contributed by atoms with Crippen LogP contribution in [0, 0.1) is 0 Å². The van der Waals surface area contributed by atoms with Gasteiger partial charge in [-0.05, 0) is 50.1 Å². The summed E-state index contributed by atoms with van der Waals surface area (Å²) < 4.78 is 0. The van der Waals surface area contributed by atoms with E-state index in [0.29, 0.717) is 5.75 Å². The molecule has 0 fully saturated rings. The maximum Gasteiger partial charge on any atom is 0.127 e. The third-order valence-corrected chi connectivity index (χ3v) is 5.36. The predicted molar refractivity (Wildman–Crippen MR) is 109 cm³/mol. The molecule has 0 unspecified atom stereocenters. The Hall–Kier alpha value is -2.28. The molecule has 0 amide bonds. The van der Waals surface area contributed by atoms with E-state index >= 15 is 0 Å². The summed E-state index contributed by atoms with van der Waals surface area (Å²) in [5, 5.41) is 18.1. The highest BCUT2D eigenvalue weighted by Gasteiger charge is 2.23. The van der Waals surface area contributed by atoms with Gasteiger partial charge in [0.15, 0.2) is 0 Å². The van der Waals surface area contributed by atoms with Crippen molar-refractivity contribution in [1.82, 2.24) is 0 Å². The van der Waals surface area contributed by atoms with Crippen molar-refractivity contribution in [2.24, 2.45) is 0 Å². The minimum absolute atomic E-state index is 0.0893. The van der Waals surface area contributed by atoms with Gasteiger partial charge in [-0.3, -0.25) is 0 Å². The molecule has 0 saturated carbocycles. The molecular weight excluding hydrogens is 304 g/mol. The molecule has 0 aromatic heterocycles. The zero-order chi connectivity index (χ0) is 18.1. The van der Waals surface area contributed by atoms with Gasteiger partial charge in [0.1, 0.15) is 5.75 Å². The molecule has 1 N–H and O–H groups in total. The SMILES string of the molecule is CC(C)(C)c1cc2ccc3cc(C(C)(C)C)c(O)c4ccc(c1)c2c34. The molecule has 0 aliphatic carbocycles. The molecule has 1 nitrogen and oxygen atoms in total. The van der Waals surface area contributed by atoms with Crippen molar-refractivity contribution in [3.8, 4) is 5.75 Å². The lowest BCUT2D eigenvalue weighted by Gasteiger charge is -2.24. The smallest absolute Gasteiger partial charge is 0.127 e. The van der Waals surface area contributed by atoms with Crippen molar-refractivity contribution < 1.29 is 5.11 Å². The van der Waals surface area contributed by atoms with Crippen molar-refractivity contribution in [2.75, 3.05) is 0 Å². The first-order valence-electron chi connectivity index (χ1n) is 9.03. The number of phenolic OH excluding ortho intramolecular Hbond substituents is 1. The zero-order valence-corrected chi connectivity index (χ0v) is 16.0. The molecule has 4 rings (SSSR count). The van der Waals surface area contributed by atoms with Crippen LogP contribution in [0.2, 0.25) is 0 Å². The van der Waals surface area contributed by atoms with Crippen molar-refractivity contribution >= 4 is 32.3 Å². The molecule has 4 aromatic rings. The normalized spacial score (nSPS) is 13.4. The minimum atomic E-state index is -0.0893. The molecule has 0 saturated heterocycles. The molecular formula is C24H26O. The highest BCUT2D eigenvalue weighted by Crippen LogP contribution is 2.44. The van der Waals surface area contributed by atoms with E-state index < -0.39 is 0 Å². The number of phenols is 1. The topological polar surface area (TPSA) is 20.2 Å². The van der Waals surface area contributed by atoms with E-state index in [-0.39, 0.29) is 10.8 Å². The Labute approximate surface area is 149 Å². The lowest BCUT2D eigenvalue weighted by molar-refractivity contribution is 0.453. The van der Waals surface area contributed by atoms with Crippen LogP contribution < -0.4 is 0 Å². The minimum Gasteiger partial charge on any atom is -0.507 e. The lowest BCUT2D eigenvalue weighted by Crippen LogP contribution is -2.12. The summed E-state index contributed by atoms with van der Waals surface area (Å²) in [6, 6.07) is 15.4. The summed E-state index contributed by atoms with van der Waals surface area (Å²) >= 11 is 0. The Bertz CT molecular complexity index is 1090. The maximum absolute atomic E-state index is 10.9. The molecule has 128 valence electrons. The molecule has 25 heavy (non-hydrogen) atoms. The first-order valence-corrected chi connectivity index (χ1v) is 9.03. The standard InChI is InChI=1S/C24H26O/c1-23(2,3)17-11-14-7-8-16-13-19(24(4,5)6)22(25)18-10-9-15(12-17)20(14)21(16)18/h7-13,25H,1-6H3. The molecule has 0 spiro atoms. The number of hydrogen-bond donors (Lipinski definition) is 1. The van der Waals surface area contributed by atoms with Gasteiger partial charge in [0.05, 0.1) is 0 Å². The summed E-state index contributed by atoms with van der Waals surface area (Å²) in [5.41, 5.74) is 2.38. The molecule has 0 radical (unpaired) electrons. The van der Waals surface area contributed by atoms with Gasteiger partial charge in [0, 0.05) is 16.3 Å². The van der Waals surface area contributed by atoms with Crippen LogP contribution in [-0.2, 0) is 10.8 Å². The van der Waals surface area contributed by atoms with E-state index in [4.69, 9.17) is 0 Å². The van der Waals surface area contributed by atoms with Crippen molar-refractivity contribution in [1.29, 1.82) is 0 Å². The molecule has 0 aliphatic rings. The molecule has 0 atom stereocenters. The Kier molecular flexibility index (Phi) is 3.16. The second kappa shape index (κ2) is 4.88. The van der Waals surface area contributed by atoms with Crippen LogP contribution >= 0.6 is 0 Å². The van der Waals surface area contributed by atoms with E-state index in [1.807, 2.05) is 0 Å². The Morgan fingerprint density at radius 3 is 1.68 bits per heavy atom. The average Bonchev–Trinajstić information content (AvgIpc) is 2.51. The van der Waals surface area contributed by atoms with Crippen LogP contribution in [0.1, 0.15) is 52.7 Å². The summed E-state index contributed by atoms with van der Waals surface area (Å²) in [6.45, 7) is 13.2. The van der Waals surface area contributed by atoms with Crippen LogP contribution in [0.3, 0.4) is 0 Å². The quantitative estimate of drug-likeness (QED) is 0.348. The second-order valence-electron chi connectivity index (χ2n) is 9.35. The Morgan fingerprint density at radius 1 is 0.640 bits per heavy atom. The van der Waals surface area contributed by atoms with Crippen LogP contribution in [0.4, 0.5) is 0 Å². The lowest BCUT2D eigenvalue weighted by atomic mass is 9.80. The monoisotopic (exact) mass is 330 g/mol. The predicted octanol–water partition coefficient (Wildman–Crippen LogP) is 6.88. The third kappa shape index (κ3) is 2.37. The summed E-state index contributed by atoms with van der Waals surface area (Å²) in [6.07, 6.45) is 0. The second-order valence-corrected chi connectivity index (χ2v) is 9.35. The van der Waals surface area contributed by atoms with Crippen molar-refractivity contribution in [3.63, 3.8) is 0 Å². The van der Waals surface area contributed by atoms with Crippen LogP contribution in [0.15, 0.2) is 42.5 Å². The largest absolute Gasteiger partial charge is 0.507 e. The van der Waals surface area contributed by atoms with Gasteiger partial charge < -0.3 is 5.11 Å². The average molecular weight is 330 g/mol. The number of benzene rings is 4. The van der Waals surface area contributed by atoms with Crippen molar-refractivity contribution in [2.45, 2.75) is 52.4 Å². The van der Waals surface area contributed by atoms with Gasteiger partial charge in [0.2, 0.25) is 0 Å². The Balaban J connectivity index is 2.18. The molecule has 1 heteroatoms. The van der Waals surface area contributed by atoms with E-state index in [0.717, 1.165) is 10.9 Å². The van der Waals surface area contributed by atoms with Crippen LogP contribution in [-0.4, -0.2) is 5.11 Å². The van der Waals surface area contributed by atoms with E-state index in [1.165, 1.54) is 32.5 Å². The van der Waals surface area contributed by atoms with Gasteiger partial charge in [-0.25, -0.2) is 0 Å². The number of hydrogen-bond acceptors (Lipinski definition) is 1. The van der Waals surface area contributed by atoms with E-state index in [2.05, 4.69) is 84.0 Å².